The molecule has 1 aliphatic rings. The number of nitrogens with zero attached hydrogens (tertiary/aromatic N) is 1. The van der Waals surface area contributed by atoms with Gasteiger partial charge < -0.3 is 5.32 Å². The molecule has 0 saturated heterocycles. The van der Waals surface area contributed by atoms with Gasteiger partial charge in [-0.05, 0) is 12.8 Å². The minimum Gasteiger partial charge on any atom is -0.313 e. The van der Waals surface area contributed by atoms with E-state index in [0.29, 0.717) is 16.9 Å². The van der Waals surface area contributed by atoms with Gasteiger partial charge in [-0.3, -0.25) is 0 Å². The van der Waals surface area contributed by atoms with Crippen LogP contribution in [0.25, 0.3) is 0 Å². The number of alkyl halides is 2. The molecule has 1 aliphatic carbocycles. The Morgan fingerprint density at radius 3 is 2.53 bits per heavy atom. The molecule has 0 aliphatic heterocycles. The first-order valence-corrected chi connectivity index (χ1v) is 6.48. The van der Waals surface area contributed by atoms with E-state index in [1.807, 2.05) is 0 Å². The first-order valence-electron chi connectivity index (χ1n) is 4.87. The van der Waals surface area contributed by atoms with Crippen molar-refractivity contribution >= 4 is 10.0 Å². The number of halogens is 2. The van der Waals surface area contributed by atoms with Crippen molar-refractivity contribution in [3.63, 3.8) is 0 Å². The number of nitrogens with one attached hydrogen (secondary N) is 1. The summed E-state index contributed by atoms with van der Waals surface area (Å²) in [6.07, 6.45) is -0.471. The van der Waals surface area contributed by atoms with Crippen LogP contribution in [-0.4, -0.2) is 51.1 Å². The van der Waals surface area contributed by atoms with Gasteiger partial charge in [0.1, 0.15) is 0 Å². The zero-order chi connectivity index (χ0) is 11.5. The van der Waals surface area contributed by atoms with E-state index in [1.165, 1.54) is 7.05 Å². The van der Waals surface area contributed by atoms with Crippen molar-refractivity contribution in [2.45, 2.75) is 25.3 Å². The first kappa shape index (κ1) is 12.8. The summed E-state index contributed by atoms with van der Waals surface area (Å²) >= 11 is 0. The highest BCUT2D eigenvalue weighted by Gasteiger charge is 2.24. The Balaban J connectivity index is 2.28. The van der Waals surface area contributed by atoms with Crippen molar-refractivity contribution < 1.29 is 17.2 Å². The van der Waals surface area contributed by atoms with Crippen LogP contribution in [0.4, 0.5) is 8.78 Å². The third-order valence-corrected chi connectivity index (χ3v) is 4.06. The average Bonchev–Trinajstić information content (AvgIpc) is 2.86. The maximum absolute atomic E-state index is 12.0. The topological polar surface area (TPSA) is 49.4 Å². The largest absolute Gasteiger partial charge is 0.313 e. The van der Waals surface area contributed by atoms with Crippen LogP contribution >= 0.6 is 0 Å². The monoisotopic (exact) mass is 242 g/mol. The fourth-order valence-corrected chi connectivity index (χ4v) is 2.17. The molecule has 0 radical (unpaired) electrons. The smallest absolute Gasteiger partial charge is 0.252 e. The molecule has 0 spiro atoms. The van der Waals surface area contributed by atoms with E-state index in [4.69, 9.17) is 0 Å². The summed E-state index contributed by atoms with van der Waals surface area (Å²) in [5, 5.41) is 3.03. The Morgan fingerprint density at radius 1 is 1.47 bits per heavy atom. The molecule has 90 valence electrons. The summed E-state index contributed by atoms with van der Waals surface area (Å²) in [6, 6.07) is 0.431. The van der Waals surface area contributed by atoms with Crippen LogP contribution in [0.15, 0.2) is 0 Å². The number of sulfonamides is 1. The van der Waals surface area contributed by atoms with Crippen LogP contribution in [0.2, 0.25) is 0 Å². The Labute approximate surface area is 88.7 Å². The Hall–Kier alpha value is -0.270. The molecule has 1 fully saturated rings. The van der Waals surface area contributed by atoms with Crippen molar-refractivity contribution in [3.05, 3.63) is 0 Å². The molecule has 0 aromatic rings. The molecule has 1 rings (SSSR count). The SMILES string of the molecule is CN(CC(F)F)S(=O)(=O)CCNC1CC1. The van der Waals surface area contributed by atoms with Crippen LogP contribution in [0.5, 0.6) is 0 Å². The summed E-state index contributed by atoms with van der Waals surface area (Å²) in [5.74, 6) is -0.118. The van der Waals surface area contributed by atoms with Crippen molar-refractivity contribution in [2.24, 2.45) is 0 Å². The summed E-state index contributed by atoms with van der Waals surface area (Å²) in [4.78, 5) is 0. The zero-order valence-corrected chi connectivity index (χ0v) is 9.43. The number of hydrogen-bond donors (Lipinski definition) is 1. The van der Waals surface area contributed by atoms with E-state index < -0.39 is 23.0 Å². The Kier molecular flexibility index (Phi) is 4.42. The van der Waals surface area contributed by atoms with Gasteiger partial charge in [-0.2, -0.15) is 4.31 Å². The van der Waals surface area contributed by atoms with E-state index in [9.17, 15) is 17.2 Å². The standard InChI is InChI=1S/C8H16F2N2O2S/c1-12(6-8(9)10)15(13,14)5-4-11-7-2-3-7/h7-8,11H,2-6H2,1H3. The van der Waals surface area contributed by atoms with Gasteiger partial charge in [0, 0.05) is 19.6 Å². The van der Waals surface area contributed by atoms with E-state index in [0.717, 1.165) is 12.8 Å². The predicted octanol–water partition coefficient (Wildman–Crippen LogP) is 0.265. The number of rotatable bonds is 7. The van der Waals surface area contributed by atoms with Crippen LogP contribution in [0.1, 0.15) is 12.8 Å². The van der Waals surface area contributed by atoms with Crippen molar-refractivity contribution in [1.82, 2.24) is 9.62 Å². The molecule has 1 saturated carbocycles. The zero-order valence-electron chi connectivity index (χ0n) is 8.62. The summed E-state index contributed by atoms with van der Waals surface area (Å²) < 4.78 is 47.5. The van der Waals surface area contributed by atoms with Gasteiger partial charge in [-0.15, -0.1) is 0 Å². The molecule has 0 amide bonds. The fraction of sp³-hybridized carbons (Fsp3) is 1.00. The van der Waals surface area contributed by atoms with Gasteiger partial charge in [0.25, 0.3) is 6.43 Å². The fourth-order valence-electron chi connectivity index (χ4n) is 1.14. The quantitative estimate of drug-likeness (QED) is 0.697. The van der Waals surface area contributed by atoms with Gasteiger partial charge >= 0.3 is 0 Å². The molecule has 7 heteroatoms. The minimum absolute atomic E-state index is 0.118. The van der Waals surface area contributed by atoms with Gasteiger partial charge in [0.2, 0.25) is 10.0 Å². The van der Waals surface area contributed by atoms with Gasteiger partial charge in [0.05, 0.1) is 12.3 Å². The highest BCUT2D eigenvalue weighted by molar-refractivity contribution is 7.89. The van der Waals surface area contributed by atoms with Crippen LogP contribution in [0, 0.1) is 0 Å². The maximum atomic E-state index is 12.0. The molecule has 0 aromatic carbocycles. The van der Waals surface area contributed by atoms with Gasteiger partial charge in [-0.1, -0.05) is 0 Å². The Morgan fingerprint density at radius 2 is 2.07 bits per heavy atom. The van der Waals surface area contributed by atoms with Crippen LogP contribution in [0.3, 0.4) is 0 Å². The second-order valence-corrected chi connectivity index (χ2v) is 5.91. The lowest BCUT2D eigenvalue weighted by Gasteiger charge is -2.16. The molecule has 1 N–H and O–H groups in total. The molecular formula is C8H16F2N2O2S. The molecule has 0 bridgehead atoms. The highest BCUT2D eigenvalue weighted by atomic mass is 32.2. The lowest BCUT2D eigenvalue weighted by atomic mass is 10.6. The van der Waals surface area contributed by atoms with Crippen LogP contribution < -0.4 is 5.32 Å². The van der Waals surface area contributed by atoms with E-state index in [-0.39, 0.29) is 5.75 Å². The maximum Gasteiger partial charge on any atom is 0.252 e. The summed E-state index contributed by atoms with van der Waals surface area (Å²) in [5.41, 5.74) is 0. The number of hydrogen-bond acceptors (Lipinski definition) is 3. The highest BCUT2D eigenvalue weighted by Crippen LogP contribution is 2.18. The second-order valence-electron chi connectivity index (χ2n) is 3.72. The Bertz CT molecular complexity index is 291. The normalized spacial score (nSPS) is 17.7. The summed E-state index contributed by atoms with van der Waals surface area (Å²) in [6.45, 7) is -0.396. The molecule has 0 heterocycles. The molecule has 0 aromatic heterocycles. The predicted molar refractivity (Wildman–Crippen MR) is 53.4 cm³/mol. The lowest BCUT2D eigenvalue weighted by molar-refractivity contribution is 0.126. The third-order valence-electron chi connectivity index (χ3n) is 2.24. The average molecular weight is 242 g/mol. The molecule has 4 nitrogen and oxygen atoms in total. The van der Waals surface area contributed by atoms with Crippen molar-refractivity contribution in [2.75, 3.05) is 25.9 Å². The van der Waals surface area contributed by atoms with Crippen molar-refractivity contribution in [1.29, 1.82) is 0 Å². The van der Waals surface area contributed by atoms with E-state index >= 15 is 0 Å². The first-order chi connectivity index (χ1) is 6.92. The second kappa shape index (κ2) is 5.18. The van der Waals surface area contributed by atoms with E-state index in [1.54, 1.807) is 0 Å². The minimum atomic E-state index is -3.53. The summed E-state index contributed by atoms with van der Waals surface area (Å²) in [7, 11) is -2.35. The van der Waals surface area contributed by atoms with Crippen molar-refractivity contribution in [3.8, 4) is 0 Å². The molecular weight excluding hydrogens is 226 g/mol. The van der Waals surface area contributed by atoms with Crippen LogP contribution in [-0.2, 0) is 10.0 Å². The molecule has 0 atom stereocenters. The molecule has 15 heavy (non-hydrogen) atoms. The molecule has 0 unspecified atom stereocenters. The third kappa shape index (κ3) is 4.85. The van der Waals surface area contributed by atoms with Gasteiger partial charge in [0.15, 0.2) is 0 Å². The van der Waals surface area contributed by atoms with Gasteiger partial charge in [-0.25, -0.2) is 17.2 Å². The van der Waals surface area contributed by atoms with E-state index in [2.05, 4.69) is 5.32 Å². The lowest BCUT2D eigenvalue weighted by Crippen LogP contribution is -2.36.